The summed E-state index contributed by atoms with van der Waals surface area (Å²) in [6.07, 6.45) is 1.70. The number of aromatic nitrogens is 4. The van der Waals surface area contributed by atoms with Crippen LogP contribution in [-0.2, 0) is 13.6 Å². The first-order valence-electron chi connectivity index (χ1n) is 5.64. The van der Waals surface area contributed by atoms with Gasteiger partial charge in [-0.15, -0.1) is 0 Å². The summed E-state index contributed by atoms with van der Waals surface area (Å²) in [7, 11) is 1.84. The van der Waals surface area contributed by atoms with E-state index in [-0.39, 0.29) is 5.02 Å². The third-order valence-electron chi connectivity index (χ3n) is 3.06. The molecule has 0 unspecified atom stereocenters. The average molecular weight is 280 g/mol. The number of imidazole rings is 1. The Hall–Kier alpha value is -2.08. The molecule has 0 aliphatic rings. The van der Waals surface area contributed by atoms with Crippen LogP contribution in [0.15, 0.2) is 24.4 Å². The quantitative estimate of drug-likeness (QED) is 0.782. The maximum Gasteiger partial charge on any atom is 0.201 e. The number of nitrogens with zero attached hydrogens (tertiary/aromatic N) is 4. The molecule has 0 aliphatic carbocycles. The molecule has 0 saturated carbocycles. The Labute approximate surface area is 113 Å². The molecular formula is C12H11ClFN5. The lowest BCUT2D eigenvalue weighted by Crippen LogP contribution is -2.08. The van der Waals surface area contributed by atoms with Gasteiger partial charge in [-0.1, -0.05) is 11.6 Å². The zero-order valence-electron chi connectivity index (χ0n) is 10.1. The Bertz CT molecular complexity index is 761. The van der Waals surface area contributed by atoms with Gasteiger partial charge in [-0.05, 0) is 12.1 Å². The molecule has 0 amide bonds. The van der Waals surface area contributed by atoms with Crippen molar-refractivity contribution in [1.29, 1.82) is 0 Å². The lowest BCUT2D eigenvalue weighted by molar-refractivity contribution is 0.628. The van der Waals surface area contributed by atoms with Gasteiger partial charge < -0.3 is 10.3 Å². The van der Waals surface area contributed by atoms with Gasteiger partial charge in [0.15, 0.2) is 0 Å². The fourth-order valence-corrected chi connectivity index (χ4v) is 2.18. The van der Waals surface area contributed by atoms with E-state index in [1.807, 2.05) is 13.1 Å². The third-order valence-corrected chi connectivity index (χ3v) is 3.35. The van der Waals surface area contributed by atoms with Crippen LogP contribution in [0.1, 0.15) is 5.69 Å². The van der Waals surface area contributed by atoms with Crippen LogP contribution in [0.2, 0.25) is 5.02 Å². The van der Waals surface area contributed by atoms with E-state index in [1.54, 1.807) is 15.4 Å². The highest BCUT2D eigenvalue weighted by molar-refractivity contribution is 6.31. The number of halogens is 2. The molecule has 3 aromatic rings. The number of aryl methyl sites for hydroxylation is 1. The van der Waals surface area contributed by atoms with Gasteiger partial charge in [0.2, 0.25) is 5.95 Å². The van der Waals surface area contributed by atoms with E-state index < -0.39 is 5.82 Å². The molecule has 3 rings (SSSR count). The maximum absolute atomic E-state index is 13.6. The van der Waals surface area contributed by atoms with E-state index in [0.717, 1.165) is 5.69 Å². The molecule has 0 spiro atoms. The van der Waals surface area contributed by atoms with Crippen molar-refractivity contribution in [2.24, 2.45) is 7.05 Å². The highest BCUT2D eigenvalue weighted by atomic mass is 35.5. The first-order valence-corrected chi connectivity index (χ1v) is 6.01. The smallest absolute Gasteiger partial charge is 0.201 e. The second kappa shape index (κ2) is 4.24. The van der Waals surface area contributed by atoms with Crippen LogP contribution in [0, 0.1) is 5.82 Å². The van der Waals surface area contributed by atoms with E-state index >= 15 is 0 Å². The highest BCUT2D eigenvalue weighted by Crippen LogP contribution is 2.25. The average Bonchev–Trinajstić information content (AvgIpc) is 2.88. The minimum absolute atomic E-state index is 0.0395. The second-order valence-corrected chi connectivity index (χ2v) is 4.66. The van der Waals surface area contributed by atoms with Gasteiger partial charge in [0.05, 0.1) is 28.3 Å². The van der Waals surface area contributed by atoms with Gasteiger partial charge in [-0.3, -0.25) is 4.68 Å². The van der Waals surface area contributed by atoms with Crippen molar-refractivity contribution in [3.63, 3.8) is 0 Å². The van der Waals surface area contributed by atoms with Crippen molar-refractivity contribution in [2.45, 2.75) is 6.54 Å². The molecule has 2 N–H and O–H groups in total. The topological polar surface area (TPSA) is 61.7 Å². The molecule has 7 heteroatoms. The molecule has 19 heavy (non-hydrogen) atoms. The predicted molar refractivity (Wildman–Crippen MR) is 71.4 cm³/mol. The van der Waals surface area contributed by atoms with Crippen LogP contribution in [0.3, 0.4) is 0 Å². The van der Waals surface area contributed by atoms with Crippen LogP contribution in [0.5, 0.6) is 0 Å². The summed E-state index contributed by atoms with van der Waals surface area (Å²) in [5.74, 6) is -0.168. The Morgan fingerprint density at radius 2 is 2.21 bits per heavy atom. The number of rotatable bonds is 2. The van der Waals surface area contributed by atoms with Gasteiger partial charge in [0, 0.05) is 19.3 Å². The summed E-state index contributed by atoms with van der Waals surface area (Å²) < 4.78 is 17.0. The SMILES string of the molecule is Cn1nccc1Cn1c(N)nc2cc(Cl)c(F)cc21. The molecule has 5 nitrogen and oxygen atoms in total. The van der Waals surface area contributed by atoms with Crippen molar-refractivity contribution in [1.82, 2.24) is 19.3 Å². The molecule has 0 atom stereocenters. The molecule has 0 fully saturated rings. The monoisotopic (exact) mass is 279 g/mol. The summed E-state index contributed by atoms with van der Waals surface area (Å²) >= 11 is 5.74. The molecule has 2 heterocycles. The Kier molecular flexibility index (Phi) is 2.67. The molecule has 1 aromatic carbocycles. The fourth-order valence-electron chi connectivity index (χ4n) is 2.02. The maximum atomic E-state index is 13.6. The zero-order chi connectivity index (χ0) is 13.6. The van der Waals surface area contributed by atoms with E-state index in [0.29, 0.717) is 23.5 Å². The van der Waals surface area contributed by atoms with Gasteiger partial charge in [0.1, 0.15) is 5.82 Å². The summed E-state index contributed by atoms with van der Waals surface area (Å²) in [6.45, 7) is 0.472. The van der Waals surface area contributed by atoms with Gasteiger partial charge in [0.25, 0.3) is 0 Å². The van der Waals surface area contributed by atoms with Crippen LogP contribution >= 0.6 is 11.6 Å². The minimum Gasteiger partial charge on any atom is -0.369 e. The number of hydrogen-bond donors (Lipinski definition) is 1. The first-order chi connectivity index (χ1) is 9.06. The number of nitrogens with two attached hydrogens (primary N) is 1. The van der Waals surface area contributed by atoms with Gasteiger partial charge in [-0.25, -0.2) is 9.37 Å². The normalized spacial score (nSPS) is 11.3. The number of nitrogen functional groups attached to an aromatic ring is 1. The molecular weight excluding hydrogens is 269 g/mol. The van der Waals surface area contributed by atoms with Crippen molar-refractivity contribution < 1.29 is 4.39 Å². The first kappa shape index (κ1) is 12.0. The van der Waals surface area contributed by atoms with Crippen LogP contribution in [0.25, 0.3) is 11.0 Å². The number of benzene rings is 1. The summed E-state index contributed by atoms with van der Waals surface area (Å²) in [4.78, 5) is 4.19. The van der Waals surface area contributed by atoms with Gasteiger partial charge in [-0.2, -0.15) is 5.10 Å². The predicted octanol–water partition coefficient (Wildman–Crippen LogP) is 2.19. The lowest BCUT2D eigenvalue weighted by atomic mass is 10.3. The van der Waals surface area contributed by atoms with Crippen molar-refractivity contribution in [3.8, 4) is 0 Å². The van der Waals surface area contributed by atoms with Gasteiger partial charge >= 0.3 is 0 Å². The largest absolute Gasteiger partial charge is 0.369 e. The van der Waals surface area contributed by atoms with E-state index in [1.165, 1.54) is 12.1 Å². The summed E-state index contributed by atoms with van der Waals surface area (Å²) in [6, 6.07) is 4.69. The fraction of sp³-hybridized carbons (Fsp3) is 0.167. The number of anilines is 1. The molecule has 0 aliphatic heterocycles. The molecule has 0 bridgehead atoms. The molecule has 98 valence electrons. The molecule has 0 radical (unpaired) electrons. The third kappa shape index (κ3) is 1.94. The van der Waals surface area contributed by atoms with Crippen molar-refractivity contribution in [3.05, 3.63) is 40.9 Å². The van der Waals surface area contributed by atoms with Crippen LogP contribution in [0.4, 0.5) is 10.3 Å². The number of hydrogen-bond acceptors (Lipinski definition) is 3. The summed E-state index contributed by atoms with van der Waals surface area (Å²) in [5, 5.41) is 4.13. The Morgan fingerprint density at radius 3 is 2.89 bits per heavy atom. The Morgan fingerprint density at radius 1 is 1.42 bits per heavy atom. The molecule has 0 saturated heterocycles. The van der Waals surface area contributed by atoms with E-state index in [9.17, 15) is 4.39 Å². The van der Waals surface area contributed by atoms with Crippen molar-refractivity contribution >= 4 is 28.6 Å². The van der Waals surface area contributed by atoms with Crippen LogP contribution in [-0.4, -0.2) is 19.3 Å². The number of fused-ring (bicyclic) bond motifs is 1. The van der Waals surface area contributed by atoms with E-state index in [2.05, 4.69) is 10.1 Å². The second-order valence-electron chi connectivity index (χ2n) is 4.26. The van der Waals surface area contributed by atoms with E-state index in [4.69, 9.17) is 17.3 Å². The Balaban J connectivity index is 2.15. The zero-order valence-corrected chi connectivity index (χ0v) is 10.9. The van der Waals surface area contributed by atoms with Crippen molar-refractivity contribution in [2.75, 3.05) is 5.73 Å². The standard InChI is InChI=1S/C12H11ClFN5/c1-18-7(2-3-16-18)6-19-11-5-9(14)8(13)4-10(11)17-12(19)15/h2-5H,6H2,1H3,(H2,15,17). The summed E-state index contributed by atoms with van der Waals surface area (Å²) in [5.41, 5.74) is 8.01. The molecule has 2 aromatic heterocycles. The highest BCUT2D eigenvalue weighted by Gasteiger charge is 2.13. The lowest BCUT2D eigenvalue weighted by Gasteiger charge is -2.07. The minimum atomic E-state index is -0.486. The van der Waals surface area contributed by atoms with Crippen LogP contribution < -0.4 is 5.73 Å².